The van der Waals surface area contributed by atoms with E-state index >= 15 is 0 Å². The molecule has 2 amide bonds. The van der Waals surface area contributed by atoms with Gasteiger partial charge in [0.05, 0.1) is 7.11 Å². The zero-order chi connectivity index (χ0) is 16.8. The number of carbonyl (C=O) groups excluding carboxylic acids is 2. The van der Waals surface area contributed by atoms with Crippen LogP contribution in [0.2, 0.25) is 0 Å². The van der Waals surface area contributed by atoms with E-state index in [0.29, 0.717) is 19.5 Å². The van der Waals surface area contributed by atoms with Crippen LogP contribution in [0.3, 0.4) is 0 Å². The van der Waals surface area contributed by atoms with E-state index in [1.165, 1.54) is 0 Å². The minimum Gasteiger partial charge on any atom is -0.497 e. The van der Waals surface area contributed by atoms with Crippen molar-refractivity contribution in [3.05, 3.63) is 35.9 Å². The minimum atomic E-state index is -0.0510. The number of methoxy groups -OCH3 is 1. The van der Waals surface area contributed by atoms with Gasteiger partial charge in [-0.1, -0.05) is 12.1 Å². The van der Waals surface area contributed by atoms with Gasteiger partial charge < -0.3 is 14.5 Å². The van der Waals surface area contributed by atoms with Crippen molar-refractivity contribution in [2.45, 2.75) is 19.8 Å². The third-order valence-corrected chi connectivity index (χ3v) is 4.14. The highest BCUT2D eigenvalue weighted by molar-refractivity contribution is 5.94. The Balaban J connectivity index is 1.91. The molecule has 2 rings (SSSR count). The molecule has 0 unspecified atom stereocenters. The van der Waals surface area contributed by atoms with E-state index in [2.05, 4.69) is 0 Å². The van der Waals surface area contributed by atoms with Crippen molar-refractivity contribution in [2.24, 2.45) is 0 Å². The molecule has 0 spiro atoms. The maximum atomic E-state index is 12.3. The highest BCUT2D eigenvalue weighted by atomic mass is 16.5. The molecule has 0 bridgehead atoms. The number of hydrogen-bond acceptors (Lipinski definition) is 3. The molecule has 1 fully saturated rings. The lowest BCUT2D eigenvalue weighted by Gasteiger charge is -2.21. The van der Waals surface area contributed by atoms with Gasteiger partial charge in [0.1, 0.15) is 5.75 Å². The molecule has 0 saturated carbocycles. The second-order valence-corrected chi connectivity index (χ2v) is 5.80. The fraction of sp³-hybridized carbons (Fsp3) is 0.444. The van der Waals surface area contributed by atoms with Gasteiger partial charge in [-0.2, -0.15) is 0 Å². The summed E-state index contributed by atoms with van der Waals surface area (Å²) in [5.41, 5.74) is 1.89. The van der Waals surface area contributed by atoms with E-state index < -0.39 is 0 Å². The van der Waals surface area contributed by atoms with Crippen LogP contribution in [-0.2, 0) is 9.59 Å². The molecule has 1 aliphatic rings. The van der Waals surface area contributed by atoms with Crippen molar-refractivity contribution in [3.8, 4) is 5.75 Å². The highest BCUT2D eigenvalue weighted by Crippen LogP contribution is 2.18. The van der Waals surface area contributed by atoms with E-state index in [9.17, 15) is 9.59 Å². The number of likely N-dealkylation sites (tertiary alicyclic amines) is 1. The number of likely N-dealkylation sites (N-methyl/N-ethyl adjacent to an activating group) is 1. The molecule has 1 aromatic carbocycles. The summed E-state index contributed by atoms with van der Waals surface area (Å²) in [6.45, 7) is 3.88. The third kappa shape index (κ3) is 4.58. The number of hydrogen-bond donors (Lipinski definition) is 0. The van der Waals surface area contributed by atoms with Crippen LogP contribution in [0.1, 0.15) is 25.3 Å². The predicted octanol–water partition coefficient (Wildman–Crippen LogP) is 2.18. The molecule has 0 aromatic heterocycles. The molecule has 1 aliphatic heterocycles. The Morgan fingerprint density at radius 2 is 2.04 bits per heavy atom. The second-order valence-electron chi connectivity index (χ2n) is 5.80. The summed E-state index contributed by atoms with van der Waals surface area (Å²) < 4.78 is 5.13. The van der Waals surface area contributed by atoms with Gasteiger partial charge in [0.25, 0.3) is 0 Å². The van der Waals surface area contributed by atoms with Gasteiger partial charge in [-0.25, -0.2) is 0 Å². The first-order valence-electron chi connectivity index (χ1n) is 7.87. The van der Waals surface area contributed by atoms with Gasteiger partial charge in [0.15, 0.2) is 0 Å². The molecule has 1 saturated heterocycles. The minimum absolute atomic E-state index is 0.0510. The smallest absolute Gasteiger partial charge is 0.246 e. The van der Waals surface area contributed by atoms with Crippen LogP contribution in [-0.4, -0.2) is 55.4 Å². The second kappa shape index (κ2) is 7.81. The first-order valence-corrected chi connectivity index (χ1v) is 7.87. The lowest BCUT2D eigenvalue weighted by Crippen LogP contribution is -2.36. The zero-order valence-corrected chi connectivity index (χ0v) is 14.0. The molecule has 5 nitrogen and oxygen atoms in total. The van der Waals surface area contributed by atoms with E-state index in [1.54, 1.807) is 25.1 Å². The van der Waals surface area contributed by atoms with Crippen LogP contribution < -0.4 is 4.74 Å². The largest absolute Gasteiger partial charge is 0.497 e. The fourth-order valence-corrected chi connectivity index (χ4v) is 2.55. The molecule has 0 N–H and O–H groups in total. The van der Waals surface area contributed by atoms with Crippen molar-refractivity contribution in [1.82, 2.24) is 9.80 Å². The van der Waals surface area contributed by atoms with Crippen molar-refractivity contribution in [1.29, 1.82) is 0 Å². The third-order valence-electron chi connectivity index (χ3n) is 4.14. The highest BCUT2D eigenvalue weighted by Gasteiger charge is 2.20. The van der Waals surface area contributed by atoms with Crippen molar-refractivity contribution in [2.75, 3.05) is 33.8 Å². The van der Waals surface area contributed by atoms with Gasteiger partial charge >= 0.3 is 0 Å². The summed E-state index contributed by atoms with van der Waals surface area (Å²) >= 11 is 0. The summed E-state index contributed by atoms with van der Waals surface area (Å²) in [5, 5.41) is 0. The van der Waals surface area contributed by atoms with Gasteiger partial charge in [0.2, 0.25) is 11.8 Å². The summed E-state index contributed by atoms with van der Waals surface area (Å²) in [5.74, 6) is 0.932. The maximum absolute atomic E-state index is 12.3. The Morgan fingerprint density at radius 1 is 1.35 bits per heavy atom. The first kappa shape index (κ1) is 17.1. The Labute approximate surface area is 137 Å². The molecule has 0 atom stereocenters. The van der Waals surface area contributed by atoms with Crippen LogP contribution in [0.15, 0.2) is 30.3 Å². The van der Waals surface area contributed by atoms with E-state index in [1.807, 2.05) is 36.1 Å². The normalized spacial score (nSPS) is 15.0. The quantitative estimate of drug-likeness (QED) is 0.756. The van der Waals surface area contributed by atoms with E-state index in [-0.39, 0.29) is 11.8 Å². The monoisotopic (exact) mass is 316 g/mol. The number of nitrogens with zero attached hydrogens (tertiary/aromatic N) is 2. The SMILES string of the molecule is COc1ccc(/C(C)=C/C(=O)N(C)CCN2CCCC2=O)cc1. The van der Waals surface area contributed by atoms with E-state index in [0.717, 1.165) is 29.9 Å². The molecule has 1 heterocycles. The zero-order valence-electron chi connectivity index (χ0n) is 14.0. The lowest BCUT2D eigenvalue weighted by atomic mass is 10.1. The first-order chi connectivity index (χ1) is 11.0. The van der Waals surface area contributed by atoms with Crippen LogP contribution in [0.4, 0.5) is 0 Å². The Morgan fingerprint density at radius 3 is 2.61 bits per heavy atom. The number of carbonyl (C=O) groups is 2. The van der Waals surface area contributed by atoms with Gasteiger partial charge in [0, 0.05) is 39.2 Å². The Kier molecular flexibility index (Phi) is 5.79. The number of rotatable bonds is 6. The Bertz CT molecular complexity index is 593. The topological polar surface area (TPSA) is 49.9 Å². The fourth-order valence-electron chi connectivity index (χ4n) is 2.55. The molecule has 5 heteroatoms. The summed E-state index contributed by atoms with van der Waals surface area (Å²) in [7, 11) is 3.39. The molecule has 23 heavy (non-hydrogen) atoms. The molecular weight excluding hydrogens is 292 g/mol. The summed E-state index contributed by atoms with van der Waals surface area (Å²) in [6, 6.07) is 7.61. The lowest BCUT2D eigenvalue weighted by molar-refractivity contribution is -0.130. The molecule has 0 radical (unpaired) electrons. The molecule has 1 aromatic rings. The van der Waals surface area contributed by atoms with Crippen LogP contribution in [0, 0.1) is 0 Å². The summed E-state index contributed by atoms with van der Waals surface area (Å²) in [4.78, 5) is 27.3. The molecule has 0 aliphatic carbocycles. The molecule has 124 valence electrons. The van der Waals surface area contributed by atoms with Crippen molar-refractivity contribution in [3.63, 3.8) is 0 Å². The van der Waals surface area contributed by atoms with E-state index in [4.69, 9.17) is 4.74 Å². The average molecular weight is 316 g/mol. The van der Waals surface area contributed by atoms with Crippen LogP contribution in [0.5, 0.6) is 5.75 Å². The number of benzene rings is 1. The average Bonchev–Trinajstić information content (AvgIpc) is 2.97. The van der Waals surface area contributed by atoms with Crippen LogP contribution >= 0.6 is 0 Å². The van der Waals surface area contributed by atoms with Crippen molar-refractivity contribution >= 4 is 17.4 Å². The van der Waals surface area contributed by atoms with Crippen molar-refractivity contribution < 1.29 is 14.3 Å². The molecular formula is C18H24N2O3. The standard InChI is InChI=1S/C18H24N2O3/c1-14(15-6-8-16(23-3)9-7-15)13-18(22)19(2)11-12-20-10-4-5-17(20)21/h6-9,13H,4-5,10-12H2,1-3H3/b14-13+. The number of allylic oxidation sites excluding steroid dienone is 1. The Hall–Kier alpha value is -2.30. The number of ether oxygens (including phenoxy) is 1. The van der Waals surface area contributed by atoms with Crippen LogP contribution in [0.25, 0.3) is 5.57 Å². The maximum Gasteiger partial charge on any atom is 0.246 e. The van der Waals surface area contributed by atoms with Gasteiger partial charge in [-0.05, 0) is 36.6 Å². The number of amides is 2. The van der Waals surface area contributed by atoms with Gasteiger partial charge in [-0.3, -0.25) is 9.59 Å². The van der Waals surface area contributed by atoms with Gasteiger partial charge in [-0.15, -0.1) is 0 Å². The predicted molar refractivity (Wildman–Crippen MR) is 90.1 cm³/mol. The summed E-state index contributed by atoms with van der Waals surface area (Å²) in [6.07, 6.45) is 3.19.